The van der Waals surface area contributed by atoms with Crippen LogP contribution in [0.4, 0.5) is 0 Å². The average molecular weight is 385 g/mol. The van der Waals surface area contributed by atoms with E-state index in [1.54, 1.807) is 12.1 Å². The standard InChI is InChI=1S/C16H21ClN6O.ClH/c1-2-9-22(14-7-8-18-10-14)15(24)11-23-20-16(19-21-23)12-3-5-13(17)6-4-12;/h3-6,14,18H,2,7-11H2,1H3;1H. The largest absolute Gasteiger partial charge is 0.337 e. The van der Waals surface area contributed by atoms with Crippen LogP contribution in [-0.4, -0.2) is 56.7 Å². The number of tetrazole rings is 1. The summed E-state index contributed by atoms with van der Waals surface area (Å²) >= 11 is 5.88. The van der Waals surface area contributed by atoms with Gasteiger partial charge in [0.15, 0.2) is 0 Å². The lowest BCUT2D eigenvalue weighted by Crippen LogP contribution is -2.43. The van der Waals surface area contributed by atoms with Gasteiger partial charge in [0.2, 0.25) is 11.7 Å². The summed E-state index contributed by atoms with van der Waals surface area (Å²) in [6.07, 6.45) is 1.93. The summed E-state index contributed by atoms with van der Waals surface area (Å²) in [5.74, 6) is 0.523. The molecule has 3 rings (SSSR count). The van der Waals surface area contributed by atoms with Crippen molar-refractivity contribution in [3.8, 4) is 11.4 Å². The zero-order chi connectivity index (χ0) is 16.9. The van der Waals surface area contributed by atoms with Crippen molar-refractivity contribution in [3.63, 3.8) is 0 Å². The number of nitrogens with one attached hydrogen (secondary N) is 1. The van der Waals surface area contributed by atoms with Crippen molar-refractivity contribution < 1.29 is 4.79 Å². The van der Waals surface area contributed by atoms with Crippen LogP contribution >= 0.6 is 24.0 Å². The Morgan fingerprint density at radius 2 is 2.16 bits per heavy atom. The number of benzene rings is 1. The van der Waals surface area contributed by atoms with Crippen molar-refractivity contribution in [1.82, 2.24) is 30.4 Å². The van der Waals surface area contributed by atoms with Crippen LogP contribution in [0.25, 0.3) is 11.4 Å². The molecular formula is C16H22Cl2N6O. The molecule has 25 heavy (non-hydrogen) atoms. The molecule has 2 heterocycles. The van der Waals surface area contributed by atoms with E-state index in [1.807, 2.05) is 17.0 Å². The maximum Gasteiger partial charge on any atom is 0.246 e. The predicted octanol–water partition coefficient (Wildman–Crippen LogP) is 2.02. The van der Waals surface area contributed by atoms with E-state index in [9.17, 15) is 4.79 Å². The highest BCUT2D eigenvalue weighted by atomic mass is 35.5. The molecule has 1 unspecified atom stereocenters. The molecule has 1 amide bonds. The molecule has 9 heteroatoms. The van der Waals surface area contributed by atoms with Crippen molar-refractivity contribution in [1.29, 1.82) is 0 Å². The lowest BCUT2D eigenvalue weighted by Gasteiger charge is -2.27. The summed E-state index contributed by atoms with van der Waals surface area (Å²) < 4.78 is 0. The van der Waals surface area contributed by atoms with E-state index < -0.39 is 0 Å². The van der Waals surface area contributed by atoms with Gasteiger partial charge in [-0.3, -0.25) is 4.79 Å². The first kappa shape index (κ1) is 19.6. The van der Waals surface area contributed by atoms with Crippen LogP contribution in [0.2, 0.25) is 5.02 Å². The number of hydrogen-bond acceptors (Lipinski definition) is 5. The number of halogens is 2. The molecule has 0 saturated carbocycles. The smallest absolute Gasteiger partial charge is 0.246 e. The minimum Gasteiger partial charge on any atom is -0.337 e. The molecule has 0 aliphatic carbocycles. The summed E-state index contributed by atoms with van der Waals surface area (Å²) in [6, 6.07) is 7.48. The quantitative estimate of drug-likeness (QED) is 0.824. The summed E-state index contributed by atoms with van der Waals surface area (Å²) in [7, 11) is 0. The first-order valence-corrected chi connectivity index (χ1v) is 8.59. The molecule has 1 atom stereocenters. The molecule has 1 fully saturated rings. The molecule has 1 saturated heterocycles. The maximum atomic E-state index is 12.6. The maximum absolute atomic E-state index is 12.6. The third kappa shape index (κ3) is 4.90. The van der Waals surface area contributed by atoms with Crippen LogP contribution in [-0.2, 0) is 11.3 Å². The number of nitrogens with zero attached hydrogens (tertiary/aromatic N) is 5. The molecule has 0 bridgehead atoms. The van der Waals surface area contributed by atoms with Gasteiger partial charge in [-0.05, 0) is 48.9 Å². The van der Waals surface area contributed by atoms with Crippen LogP contribution < -0.4 is 5.32 Å². The predicted molar refractivity (Wildman–Crippen MR) is 98.8 cm³/mol. The highest BCUT2D eigenvalue weighted by Gasteiger charge is 2.26. The third-order valence-corrected chi connectivity index (χ3v) is 4.34. The normalized spacial score (nSPS) is 16.5. The lowest BCUT2D eigenvalue weighted by atomic mass is 10.2. The van der Waals surface area contributed by atoms with Gasteiger partial charge in [-0.25, -0.2) is 0 Å². The Balaban J connectivity index is 0.00000225. The number of carbonyl (C=O) groups excluding carboxylic acids is 1. The minimum atomic E-state index is 0. The Kier molecular flexibility index (Phi) is 7.16. The molecule has 1 aromatic heterocycles. The second-order valence-corrected chi connectivity index (χ2v) is 6.32. The summed E-state index contributed by atoms with van der Waals surface area (Å²) in [4.78, 5) is 15.9. The van der Waals surface area contributed by atoms with Crippen molar-refractivity contribution in [2.24, 2.45) is 0 Å². The van der Waals surface area contributed by atoms with E-state index in [0.717, 1.165) is 38.0 Å². The Labute approximate surface area is 158 Å². The molecular weight excluding hydrogens is 363 g/mol. The van der Waals surface area contributed by atoms with E-state index in [-0.39, 0.29) is 30.9 Å². The molecule has 2 aromatic rings. The highest BCUT2D eigenvalue weighted by molar-refractivity contribution is 6.30. The fraction of sp³-hybridized carbons (Fsp3) is 0.500. The van der Waals surface area contributed by atoms with Gasteiger partial charge in [-0.2, -0.15) is 4.80 Å². The summed E-state index contributed by atoms with van der Waals surface area (Å²) in [5, 5.41) is 16.3. The van der Waals surface area contributed by atoms with Gasteiger partial charge in [-0.1, -0.05) is 18.5 Å². The number of carbonyl (C=O) groups is 1. The van der Waals surface area contributed by atoms with E-state index in [0.29, 0.717) is 10.8 Å². The zero-order valence-electron chi connectivity index (χ0n) is 14.1. The molecule has 1 aromatic carbocycles. The Bertz CT molecular complexity index is 684. The van der Waals surface area contributed by atoms with Crippen LogP contribution in [0.15, 0.2) is 24.3 Å². The summed E-state index contributed by atoms with van der Waals surface area (Å²) in [6.45, 7) is 4.75. The Hall–Kier alpha value is -1.70. The molecule has 1 N–H and O–H groups in total. The van der Waals surface area contributed by atoms with Crippen molar-refractivity contribution >= 4 is 29.9 Å². The van der Waals surface area contributed by atoms with Gasteiger partial charge in [0.1, 0.15) is 6.54 Å². The first-order valence-electron chi connectivity index (χ1n) is 8.21. The molecule has 7 nitrogen and oxygen atoms in total. The second-order valence-electron chi connectivity index (χ2n) is 5.88. The fourth-order valence-electron chi connectivity index (χ4n) is 2.89. The molecule has 136 valence electrons. The van der Waals surface area contributed by atoms with E-state index in [4.69, 9.17) is 11.6 Å². The Morgan fingerprint density at radius 3 is 2.80 bits per heavy atom. The first-order chi connectivity index (χ1) is 11.7. The number of aromatic nitrogens is 4. The van der Waals surface area contributed by atoms with E-state index in [1.165, 1.54) is 4.80 Å². The van der Waals surface area contributed by atoms with Gasteiger partial charge in [-0.15, -0.1) is 22.6 Å². The van der Waals surface area contributed by atoms with Gasteiger partial charge in [0.05, 0.1) is 0 Å². The molecule has 1 aliphatic rings. The number of hydrogen-bond donors (Lipinski definition) is 1. The minimum absolute atomic E-state index is 0. The lowest BCUT2D eigenvalue weighted by molar-refractivity contribution is -0.134. The number of amides is 1. The SMILES string of the molecule is CCCN(C(=O)Cn1nnc(-c2ccc(Cl)cc2)n1)C1CCNC1.Cl. The monoisotopic (exact) mass is 384 g/mol. The third-order valence-electron chi connectivity index (χ3n) is 4.09. The molecule has 0 radical (unpaired) electrons. The van der Waals surface area contributed by atoms with Crippen LogP contribution in [0, 0.1) is 0 Å². The van der Waals surface area contributed by atoms with Gasteiger partial charge in [0.25, 0.3) is 0 Å². The second kappa shape index (κ2) is 9.12. The number of rotatable bonds is 6. The van der Waals surface area contributed by atoms with Gasteiger partial charge in [0, 0.05) is 29.7 Å². The van der Waals surface area contributed by atoms with Crippen LogP contribution in [0.5, 0.6) is 0 Å². The van der Waals surface area contributed by atoms with Crippen LogP contribution in [0.1, 0.15) is 19.8 Å². The van der Waals surface area contributed by atoms with Gasteiger partial charge >= 0.3 is 0 Å². The van der Waals surface area contributed by atoms with Gasteiger partial charge < -0.3 is 10.2 Å². The zero-order valence-corrected chi connectivity index (χ0v) is 15.6. The highest BCUT2D eigenvalue weighted by Crippen LogP contribution is 2.17. The molecule has 1 aliphatic heterocycles. The average Bonchev–Trinajstić information content (AvgIpc) is 3.25. The van der Waals surface area contributed by atoms with Crippen molar-refractivity contribution in [2.75, 3.05) is 19.6 Å². The van der Waals surface area contributed by atoms with Crippen molar-refractivity contribution in [2.45, 2.75) is 32.4 Å². The van der Waals surface area contributed by atoms with E-state index >= 15 is 0 Å². The summed E-state index contributed by atoms with van der Waals surface area (Å²) in [5.41, 5.74) is 0.823. The van der Waals surface area contributed by atoms with E-state index in [2.05, 4.69) is 27.7 Å². The molecule has 0 spiro atoms. The van der Waals surface area contributed by atoms with Crippen molar-refractivity contribution in [3.05, 3.63) is 29.3 Å². The van der Waals surface area contributed by atoms with Crippen LogP contribution in [0.3, 0.4) is 0 Å². The Morgan fingerprint density at radius 1 is 1.40 bits per heavy atom. The fourth-order valence-corrected chi connectivity index (χ4v) is 3.02. The topological polar surface area (TPSA) is 75.9 Å².